The summed E-state index contributed by atoms with van der Waals surface area (Å²) < 4.78 is 0. The summed E-state index contributed by atoms with van der Waals surface area (Å²) in [5.74, 6) is 0.381. The molecular weight excluding hydrogens is 178 g/mol. The Morgan fingerprint density at radius 3 is 2.43 bits per heavy atom. The lowest BCUT2D eigenvalue weighted by Crippen LogP contribution is -2.48. The average Bonchev–Trinajstić information content (AvgIpc) is 2.20. The van der Waals surface area contributed by atoms with E-state index >= 15 is 0 Å². The first-order valence-corrected chi connectivity index (χ1v) is 5.71. The van der Waals surface area contributed by atoms with Crippen molar-refractivity contribution in [1.82, 2.24) is 4.90 Å². The number of ketones is 1. The normalized spacial score (nSPS) is 35.9. The predicted molar refractivity (Wildman–Crippen MR) is 54.1 cm³/mol. The maximum absolute atomic E-state index is 11.1. The van der Waals surface area contributed by atoms with Crippen LogP contribution in [0, 0.1) is 0 Å². The maximum atomic E-state index is 11.1. The van der Waals surface area contributed by atoms with Crippen molar-refractivity contribution in [3.8, 4) is 0 Å². The molecule has 0 unspecified atom stereocenters. The highest BCUT2D eigenvalue weighted by Gasteiger charge is 2.30. The summed E-state index contributed by atoms with van der Waals surface area (Å²) in [7, 11) is 0. The number of Topliss-reactive ketones (excluding diaryl/α,β-unsaturated/α-hetero) is 1. The standard InChI is InChI=1S/C11H19NO2/c13-9-5-7-12(8-6-9)10-3-1-2-4-11(10)14/h10-11,14H,1-8H2/t10-,11-/m0/s1. The number of carbonyl (C=O) groups is 1. The first-order valence-electron chi connectivity index (χ1n) is 5.71. The molecule has 0 radical (unpaired) electrons. The number of hydrogen-bond acceptors (Lipinski definition) is 3. The smallest absolute Gasteiger partial charge is 0.135 e. The van der Waals surface area contributed by atoms with Gasteiger partial charge in [-0.15, -0.1) is 0 Å². The summed E-state index contributed by atoms with van der Waals surface area (Å²) in [6.45, 7) is 1.72. The van der Waals surface area contributed by atoms with Crippen LogP contribution < -0.4 is 0 Å². The fourth-order valence-corrected chi connectivity index (χ4v) is 2.62. The minimum absolute atomic E-state index is 0.156. The van der Waals surface area contributed by atoms with Crippen LogP contribution in [0.3, 0.4) is 0 Å². The van der Waals surface area contributed by atoms with Gasteiger partial charge in [-0.05, 0) is 12.8 Å². The number of nitrogens with zero attached hydrogens (tertiary/aromatic N) is 1. The summed E-state index contributed by atoms with van der Waals surface area (Å²) in [5, 5.41) is 9.86. The van der Waals surface area contributed by atoms with E-state index in [1.165, 1.54) is 6.42 Å². The van der Waals surface area contributed by atoms with Crippen LogP contribution >= 0.6 is 0 Å². The molecule has 0 aromatic heterocycles. The highest BCUT2D eigenvalue weighted by atomic mass is 16.3. The summed E-state index contributed by atoms with van der Waals surface area (Å²) in [4.78, 5) is 13.4. The molecule has 0 amide bonds. The third-order valence-corrected chi connectivity index (χ3v) is 3.52. The monoisotopic (exact) mass is 197 g/mol. The van der Waals surface area contributed by atoms with Gasteiger partial charge >= 0.3 is 0 Å². The minimum Gasteiger partial charge on any atom is -0.391 e. The quantitative estimate of drug-likeness (QED) is 0.680. The van der Waals surface area contributed by atoms with Gasteiger partial charge < -0.3 is 5.11 Å². The topological polar surface area (TPSA) is 40.5 Å². The van der Waals surface area contributed by atoms with Crippen molar-refractivity contribution in [3.05, 3.63) is 0 Å². The van der Waals surface area contributed by atoms with E-state index in [2.05, 4.69) is 4.90 Å². The molecule has 1 saturated heterocycles. The van der Waals surface area contributed by atoms with Crippen molar-refractivity contribution in [3.63, 3.8) is 0 Å². The molecule has 14 heavy (non-hydrogen) atoms. The van der Waals surface area contributed by atoms with E-state index in [0.717, 1.165) is 32.4 Å². The van der Waals surface area contributed by atoms with Gasteiger partial charge in [0.1, 0.15) is 5.78 Å². The molecule has 80 valence electrons. The second kappa shape index (κ2) is 4.41. The van der Waals surface area contributed by atoms with Gasteiger partial charge in [-0.1, -0.05) is 12.8 Å². The highest BCUT2D eigenvalue weighted by molar-refractivity contribution is 5.79. The summed E-state index contributed by atoms with van der Waals surface area (Å²) in [5.41, 5.74) is 0. The van der Waals surface area contributed by atoms with Crippen LogP contribution in [0.5, 0.6) is 0 Å². The Balaban J connectivity index is 1.90. The van der Waals surface area contributed by atoms with E-state index in [1.54, 1.807) is 0 Å². The number of rotatable bonds is 1. The Labute approximate surface area is 85.1 Å². The molecule has 2 fully saturated rings. The zero-order valence-corrected chi connectivity index (χ0v) is 8.61. The number of aliphatic hydroxyl groups is 1. The largest absolute Gasteiger partial charge is 0.391 e. The lowest BCUT2D eigenvalue weighted by molar-refractivity contribution is -0.122. The Kier molecular flexibility index (Phi) is 3.19. The zero-order valence-electron chi connectivity index (χ0n) is 8.61. The van der Waals surface area contributed by atoms with Crippen LogP contribution in [0.4, 0.5) is 0 Å². The summed E-state index contributed by atoms with van der Waals surface area (Å²) in [6, 6.07) is 0.330. The fourth-order valence-electron chi connectivity index (χ4n) is 2.62. The minimum atomic E-state index is -0.156. The van der Waals surface area contributed by atoms with Crippen LogP contribution in [0.15, 0.2) is 0 Å². The number of likely N-dealkylation sites (tertiary alicyclic amines) is 1. The van der Waals surface area contributed by atoms with Gasteiger partial charge in [0.2, 0.25) is 0 Å². The molecule has 3 heteroatoms. The molecule has 0 aromatic carbocycles. The average molecular weight is 197 g/mol. The van der Waals surface area contributed by atoms with Gasteiger partial charge in [0.25, 0.3) is 0 Å². The molecule has 1 saturated carbocycles. The van der Waals surface area contributed by atoms with Crippen LogP contribution in [0.2, 0.25) is 0 Å². The Hall–Kier alpha value is -0.410. The van der Waals surface area contributed by atoms with Gasteiger partial charge in [-0.2, -0.15) is 0 Å². The van der Waals surface area contributed by atoms with Gasteiger partial charge in [0.05, 0.1) is 6.10 Å². The van der Waals surface area contributed by atoms with E-state index < -0.39 is 0 Å². The van der Waals surface area contributed by atoms with Gasteiger partial charge in [0.15, 0.2) is 0 Å². The molecule has 1 aliphatic heterocycles. The zero-order chi connectivity index (χ0) is 9.97. The van der Waals surface area contributed by atoms with Gasteiger partial charge in [-0.3, -0.25) is 9.69 Å². The summed E-state index contributed by atoms with van der Waals surface area (Å²) in [6.07, 6.45) is 5.64. The van der Waals surface area contributed by atoms with Crippen molar-refractivity contribution in [2.45, 2.75) is 50.7 Å². The van der Waals surface area contributed by atoms with Crippen molar-refractivity contribution in [2.24, 2.45) is 0 Å². The highest BCUT2D eigenvalue weighted by Crippen LogP contribution is 2.24. The predicted octanol–water partition coefficient (Wildman–Crippen LogP) is 0.955. The molecule has 2 aliphatic rings. The molecule has 2 atom stereocenters. The van der Waals surface area contributed by atoms with Crippen LogP contribution in [-0.4, -0.2) is 41.0 Å². The Morgan fingerprint density at radius 1 is 1.14 bits per heavy atom. The Morgan fingerprint density at radius 2 is 1.79 bits per heavy atom. The molecule has 0 aromatic rings. The molecule has 0 spiro atoms. The first-order chi connectivity index (χ1) is 6.77. The van der Waals surface area contributed by atoms with Crippen molar-refractivity contribution in [1.29, 1.82) is 0 Å². The van der Waals surface area contributed by atoms with Crippen molar-refractivity contribution in [2.75, 3.05) is 13.1 Å². The van der Waals surface area contributed by atoms with Crippen molar-refractivity contribution >= 4 is 5.78 Å². The maximum Gasteiger partial charge on any atom is 0.135 e. The van der Waals surface area contributed by atoms with Crippen molar-refractivity contribution < 1.29 is 9.90 Å². The van der Waals surface area contributed by atoms with E-state index in [0.29, 0.717) is 24.7 Å². The number of piperidine rings is 1. The number of carbonyl (C=O) groups excluding carboxylic acids is 1. The SMILES string of the molecule is O=C1CCN([C@H]2CCCC[C@@H]2O)CC1. The molecule has 1 heterocycles. The number of aliphatic hydroxyl groups excluding tert-OH is 1. The third kappa shape index (κ3) is 2.15. The Bertz CT molecular complexity index is 207. The van der Waals surface area contributed by atoms with E-state index in [9.17, 15) is 9.90 Å². The lowest BCUT2D eigenvalue weighted by Gasteiger charge is -2.39. The van der Waals surface area contributed by atoms with Gasteiger partial charge in [-0.25, -0.2) is 0 Å². The third-order valence-electron chi connectivity index (χ3n) is 3.52. The fraction of sp³-hybridized carbons (Fsp3) is 0.909. The molecule has 3 nitrogen and oxygen atoms in total. The van der Waals surface area contributed by atoms with Crippen LogP contribution in [-0.2, 0) is 4.79 Å². The van der Waals surface area contributed by atoms with E-state index in [1.807, 2.05) is 0 Å². The molecule has 1 N–H and O–H groups in total. The molecule has 0 bridgehead atoms. The summed E-state index contributed by atoms with van der Waals surface area (Å²) >= 11 is 0. The van der Waals surface area contributed by atoms with E-state index in [4.69, 9.17) is 0 Å². The molecular formula is C11H19NO2. The lowest BCUT2D eigenvalue weighted by atomic mass is 9.90. The number of hydrogen-bond donors (Lipinski definition) is 1. The first kappa shape index (κ1) is 10.1. The van der Waals surface area contributed by atoms with E-state index in [-0.39, 0.29) is 6.10 Å². The van der Waals surface area contributed by atoms with Gasteiger partial charge in [0, 0.05) is 32.0 Å². The molecule has 1 aliphatic carbocycles. The molecule has 2 rings (SSSR count). The van der Waals surface area contributed by atoms with Crippen LogP contribution in [0.25, 0.3) is 0 Å². The second-order valence-corrected chi connectivity index (χ2v) is 4.49. The second-order valence-electron chi connectivity index (χ2n) is 4.49. The van der Waals surface area contributed by atoms with Crippen LogP contribution in [0.1, 0.15) is 38.5 Å².